The fraction of sp³-hybridized carbons (Fsp3) is 0.370. The molecule has 2 aromatic carbocycles. The summed E-state index contributed by atoms with van der Waals surface area (Å²) in [7, 11) is 0. The van der Waals surface area contributed by atoms with Crippen molar-refractivity contribution < 1.29 is 9.59 Å². The molecule has 3 N–H and O–H groups in total. The molecule has 0 aliphatic heterocycles. The number of H-pyrrole nitrogens is 1. The topological polar surface area (TPSA) is 86.9 Å². The van der Waals surface area contributed by atoms with E-state index in [1.165, 1.54) is 19.3 Å². The molecule has 2 aliphatic carbocycles. The second kappa shape index (κ2) is 9.61. The lowest BCUT2D eigenvalue weighted by Gasteiger charge is -2.22. The second-order valence-corrected chi connectivity index (χ2v) is 9.17. The number of imidazole rings is 1. The smallest absolute Gasteiger partial charge is 0.251 e. The molecule has 6 nitrogen and oxygen atoms in total. The highest BCUT2D eigenvalue weighted by molar-refractivity contribution is 5.98. The molecular weight excluding hydrogens is 412 g/mol. The molecule has 1 saturated carbocycles. The van der Waals surface area contributed by atoms with Crippen molar-refractivity contribution in [3.63, 3.8) is 0 Å². The Morgan fingerprint density at radius 1 is 0.939 bits per heavy atom. The van der Waals surface area contributed by atoms with Gasteiger partial charge in [0.05, 0.1) is 11.0 Å². The van der Waals surface area contributed by atoms with E-state index in [-0.39, 0.29) is 23.8 Å². The first-order valence-electron chi connectivity index (χ1n) is 12.0. The molecule has 5 rings (SSSR count). The summed E-state index contributed by atoms with van der Waals surface area (Å²) in [6.45, 7) is 0. The van der Waals surface area contributed by atoms with Crippen molar-refractivity contribution in [2.24, 2.45) is 5.92 Å². The Kier molecular flexibility index (Phi) is 6.24. The number of amides is 2. The first-order chi connectivity index (χ1) is 16.2. The molecule has 1 heterocycles. The molecule has 0 saturated heterocycles. The summed E-state index contributed by atoms with van der Waals surface area (Å²) in [5.74, 6) is 0.844. The number of aromatic nitrogens is 2. The predicted molar refractivity (Wildman–Crippen MR) is 131 cm³/mol. The van der Waals surface area contributed by atoms with E-state index in [0.717, 1.165) is 60.2 Å². The summed E-state index contributed by atoms with van der Waals surface area (Å²) in [6, 6.07) is 13.6. The summed E-state index contributed by atoms with van der Waals surface area (Å²) in [4.78, 5) is 33.2. The molecule has 0 bridgehead atoms. The van der Waals surface area contributed by atoms with E-state index in [9.17, 15) is 9.59 Å². The van der Waals surface area contributed by atoms with Crippen LogP contribution in [0.15, 0.2) is 54.6 Å². The van der Waals surface area contributed by atoms with Crippen LogP contribution in [-0.2, 0) is 4.79 Å². The van der Waals surface area contributed by atoms with E-state index in [2.05, 4.69) is 27.8 Å². The van der Waals surface area contributed by atoms with Crippen molar-refractivity contribution in [1.29, 1.82) is 0 Å². The number of allylic oxidation sites excluding steroid dienone is 2. The molecule has 3 aromatic rings. The quantitative estimate of drug-likeness (QED) is 0.450. The fourth-order valence-electron chi connectivity index (χ4n) is 4.79. The minimum atomic E-state index is -0.0260. The minimum Gasteiger partial charge on any atom is -0.349 e. The van der Waals surface area contributed by atoms with E-state index >= 15 is 0 Å². The van der Waals surface area contributed by atoms with Gasteiger partial charge in [0.15, 0.2) is 0 Å². The van der Waals surface area contributed by atoms with Gasteiger partial charge in [-0.2, -0.15) is 0 Å². The van der Waals surface area contributed by atoms with Crippen molar-refractivity contribution in [2.75, 3.05) is 5.32 Å². The van der Waals surface area contributed by atoms with Crippen molar-refractivity contribution in [3.8, 4) is 11.4 Å². The van der Waals surface area contributed by atoms with Crippen molar-refractivity contribution >= 4 is 28.5 Å². The number of nitrogens with zero attached hydrogens (tertiary/aromatic N) is 1. The van der Waals surface area contributed by atoms with E-state index < -0.39 is 0 Å². The molecule has 2 aliphatic rings. The standard InChI is InChI=1S/C27H30N4O2/c32-26(19-7-3-1-4-8-19)29-22-14-11-18(12-15-22)25-30-23-16-13-20(17-24(23)31-25)27(33)28-21-9-5-2-6-10-21/h1,3,11-17,19,21H,2,4-10H2,(H,28,33)(H,29,32)(H,30,31). The van der Waals surface area contributed by atoms with Crippen LogP contribution in [0.5, 0.6) is 0 Å². The van der Waals surface area contributed by atoms with Gasteiger partial charge in [-0.05, 0) is 74.6 Å². The average molecular weight is 443 g/mol. The lowest BCUT2D eigenvalue weighted by molar-refractivity contribution is -0.120. The SMILES string of the molecule is O=C(NC1CCCCC1)c1ccc2[nH]c(-c3ccc(NC(=O)C4CC=CCC4)cc3)nc2c1. The molecule has 170 valence electrons. The van der Waals surface area contributed by atoms with Gasteiger partial charge in [-0.3, -0.25) is 9.59 Å². The van der Waals surface area contributed by atoms with E-state index in [0.29, 0.717) is 5.56 Å². The first kappa shape index (κ1) is 21.4. The summed E-state index contributed by atoms with van der Waals surface area (Å²) >= 11 is 0. The molecular formula is C27H30N4O2. The third kappa shape index (κ3) is 5.00. The van der Waals surface area contributed by atoms with Gasteiger partial charge >= 0.3 is 0 Å². The molecule has 1 fully saturated rings. The summed E-state index contributed by atoms with van der Waals surface area (Å²) in [6.07, 6.45) is 12.7. The highest BCUT2D eigenvalue weighted by atomic mass is 16.2. The first-order valence-corrected chi connectivity index (χ1v) is 12.0. The zero-order chi connectivity index (χ0) is 22.6. The van der Waals surface area contributed by atoms with Crippen LogP contribution in [0.25, 0.3) is 22.4 Å². The maximum atomic E-state index is 12.7. The van der Waals surface area contributed by atoms with Gasteiger partial charge in [0.1, 0.15) is 5.82 Å². The second-order valence-electron chi connectivity index (χ2n) is 9.17. The highest BCUT2D eigenvalue weighted by Crippen LogP contribution is 2.25. The summed E-state index contributed by atoms with van der Waals surface area (Å²) < 4.78 is 0. The Morgan fingerprint density at radius 2 is 1.76 bits per heavy atom. The fourth-order valence-corrected chi connectivity index (χ4v) is 4.79. The lowest BCUT2D eigenvalue weighted by Crippen LogP contribution is -2.36. The Bertz CT molecular complexity index is 1170. The van der Waals surface area contributed by atoms with Crippen molar-refractivity contribution in [1.82, 2.24) is 15.3 Å². The number of benzene rings is 2. The summed E-state index contributed by atoms with van der Waals surface area (Å²) in [5.41, 5.74) is 4.02. The number of hydrogen-bond donors (Lipinski definition) is 3. The van der Waals surface area contributed by atoms with E-state index in [4.69, 9.17) is 4.98 Å². The molecule has 6 heteroatoms. The monoisotopic (exact) mass is 442 g/mol. The Hall–Kier alpha value is -3.41. The maximum absolute atomic E-state index is 12.7. The Morgan fingerprint density at radius 3 is 2.52 bits per heavy atom. The molecule has 1 unspecified atom stereocenters. The van der Waals surface area contributed by atoms with Crippen LogP contribution in [-0.4, -0.2) is 27.8 Å². The molecule has 2 amide bonds. The highest BCUT2D eigenvalue weighted by Gasteiger charge is 2.19. The number of nitrogens with one attached hydrogen (secondary N) is 3. The van der Waals surface area contributed by atoms with Gasteiger partial charge in [0, 0.05) is 28.8 Å². The van der Waals surface area contributed by atoms with Crippen LogP contribution in [0, 0.1) is 5.92 Å². The Balaban J connectivity index is 1.27. The zero-order valence-electron chi connectivity index (χ0n) is 18.8. The number of hydrogen-bond acceptors (Lipinski definition) is 3. The number of carbonyl (C=O) groups is 2. The molecule has 0 spiro atoms. The van der Waals surface area contributed by atoms with Crippen LogP contribution in [0.3, 0.4) is 0 Å². The van der Waals surface area contributed by atoms with Crippen LogP contribution < -0.4 is 10.6 Å². The number of aromatic amines is 1. The van der Waals surface area contributed by atoms with Gasteiger partial charge in [0.2, 0.25) is 5.91 Å². The van der Waals surface area contributed by atoms with Gasteiger partial charge in [-0.25, -0.2) is 4.98 Å². The molecule has 1 atom stereocenters. The van der Waals surface area contributed by atoms with Crippen LogP contribution in [0.1, 0.15) is 61.7 Å². The molecule has 33 heavy (non-hydrogen) atoms. The predicted octanol–water partition coefficient (Wildman–Crippen LogP) is 5.59. The van der Waals surface area contributed by atoms with Crippen LogP contribution >= 0.6 is 0 Å². The van der Waals surface area contributed by atoms with Gasteiger partial charge in [-0.15, -0.1) is 0 Å². The van der Waals surface area contributed by atoms with Crippen molar-refractivity contribution in [3.05, 3.63) is 60.2 Å². The van der Waals surface area contributed by atoms with Crippen LogP contribution in [0.4, 0.5) is 5.69 Å². The number of carbonyl (C=O) groups excluding carboxylic acids is 2. The number of rotatable bonds is 5. The van der Waals surface area contributed by atoms with Crippen molar-refractivity contribution in [2.45, 2.75) is 57.4 Å². The molecule has 1 aromatic heterocycles. The third-order valence-corrected chi connectivity index (χ3v) is 6.75. The lowest BCUT2D eigenvalue weighted by atomic mass is 9.93. The maximum Gasteiger partial charge on any atom is 0.251 e. The van der Waals surface area contributed by atoms with Crippen LogP contribution in [0.2, 0.25) is 0 Å². The molecule has 0 radical (unpaired) electrons. The Labute approximate surface area is 193 Å². The number of fused-ring (bicyclic) bond motifs is 1. The number of anilines is 1. The van der Waals surface area contributed by atoms with Gasteiger partial charge in [0.25, 0.3) is 5.91 Å². The third-order valence-electron chi connectivity index (χ3n) is 6.75. The minimum absolute atomic E-state index is 0.0260. The largest absolute Gasteiger partial charge is 0.349 e. The average Bonchev–Trinajstić information content (AvgIpc) is 3.29. The summed E-state index contributed by atoms with van der Waals surface area (Å²) in [5, 5.41) is 6.19. The van der Waals surface area contributed by atoms with E-state index in [1.807, 2.05) is 42.5 Å². The zero-order valence-corrected chi connectivity index (χ0v) is 18.8. The van der Waals surface area contributed by atoms with Gasteiger partial charge < -0.3 is 15.6 Å². The van der Waals surface area contributed by atoms with E-state index in [1.54, 1.807) is 0 Å². The normalized spacial score (nSPS) is 18.8. The van der Waals surface area contributed by atoms with Gasteiger partial charge in [-0.1, -0.05) is 31.4 Å².